The Labute approximate surface area is 134 Å². The summed E-state index contributed by atoms with van der Waals surface area (Å²) >= 11 is 0. The zero-order chi connectivity index (χ0) is 15.9. The van der Waals surface area contributed by atoms with Crippen LogP contribution in [0.25, 0.3) is 0 Å². The second kappa shape index (κ2) is 5.27. The number of nitrogens with zero attached hydrogens (tertiary/aromatic N) is 2. The highest BCUT2D eigenvalue weighted by atomic mass is 19.1. The van der Waals surface area contributed by atoms with Gasteiger partial charge in [-0.05, 0) is 36.6 Å². The van der Waals surface area contributed by atoms with E-state index in [0.29, 0.717) is 0 Å². The molecule has 2 aromatic rings. The summed E-state index contributed by atoms with van der Waals surface area (Å²) in [4.78, 5) is 1.80. The summed E-state index contributed by atoms with van der Waals surface area (Å²) in [6.07, 6.45) is 3.84. The molecule has 1 fully saturated rings. The molecule has 116 valence electrons. The number of hydrogen-bond acceptors (Lipinski definition) is 3. The Morgan fingerprint density at radius 1 is 1.09 bits per heavy atom. The van der Waals surface area contributed by atoms with Crippen molar-refractivity contribution in [3.05, 3.63) is 65.5 Å². The maximum atomic E-state index is 13.3. The van der Waals surface area contributed by atoms with Crippen LogP contribution in [-0.2, 0) is 5.41 Å². The van der Waals surface area contributed by atoms with Gasteiger partial charge in [0.2, 0.25) is 0 Å². The summed E-state index contributed by atoms with van der Waals surface area (Å²) in [5, 5.41) is 9.13. The summed E-state index contributed by atoms with van der Waals surface area (Å²) in [7, 11) is 0. The Morgan fingerprint density at radius 3 is 2.48 bits per heavy atom. The van der Waals surface area contributed by atoms with Crippen LogP contribution >= 0.6 is 0 Å². The molecule has 1 saturated heterocycles. The SMILES string of the molecule is N#CN1CCC2(CC1)c1ccccc1OC2c1ccc(F)cc1. The topological polar surface area (TPSA) is 36.3 Å². The number of likely N-dealkylation sites (tertiary alicyclic amines) is 1. The molecular formula is C19H17FN2O. The third-order valence-corrected chi connectivity index (χ3v) is 5.14. The van der Waals surface area contributed by atoms with Crippen LogP contribution < -0.4 is 4.74 Å². The van der Waals surface area contributed by atoms with E-state index in [9.17, 15) is 4.39 Å². The van der Waals surface area contributed by atoms with Crippen molar-refractivity contribution in [2.45, 2.75) is 24.4 Å². The smallest absolute Gasteiger partial charge is 0.179 e. The zero-order valence-corrected chi connectivity index (χ0v) is 12.7. The van der Waals surface area contributed by atoms with E-state index in [-0.39, 0.29) is 17.3 Å². The van der Waals surface area contributed by atoms with E-state index in [1.807, 2.05) is 30.3 Å². The van der Waals surface area contributed by atoms with Crippen LogP contribution in [0, 0.1) is 17.3 Å². The molecule has 2 heterocycles. The van der Waals surface area contributed by atoms with Gasteiger partial charge >= 0.3 is 0 Å². The number of halogens is 1. The minimum Gasteiger partial charge on any atom is -0.484 e. The third-order valence-electron chi connectivity index (χ3n) is 5.14. The molecule has 0 amide bonds. The maximum absolute atomic E-state index is 13.3. The average molecular weight is 308 g/mol. The molecule has 3 nitrogen and oxygen atoms in total. The van der Waals surface area contributed by atoms with Crippen LogP contribution in [0.2, 0.25) is 0 Å². The van der Waals surface area contributed by atoms with Crippen LogP contribution in [0.4, 0.5) is 4.39 Å². The first-order valence-corrected chi connectivity index (χ1v) is 7.89. The summed E-state index contributed by atoms with van der Waals surface area (Å²) in [5.41, 5.74) is 2.07. The molecule has 23 heavy (non-hydrogen) atoms. The lowest BCUT2D eigenvalue weighted by Gasteiger charge is -2.40. The molecule has 0 aliphatic carbocycles. The van der Waals surface area contributed by atoms with Crippen LogP contribution in [0.15, 0.2) is 48.5 Å². The molecule has 4 rings (SSSR count). The first-order valence-electron chi connectivity index (χ1n) is 7.89. The number of nitriles is 1. The van der Waals surface area contributed by atoms with Gasteiger partial charge in [-0.15, -0.1) is 0 Å². The van der Waals surface area contributed by atoms with E-state index in [2.05, 4.69) is 12.3 Å². The van der Waals surface area contributed by atoms with Crippen molar-refractivity contribution >= 4 is 0 Å². The van der Waals surface area contributed by atoms with Crippen molar-refractivity contribution in [3.63, 3.8) is 0 Å². The van der Waals surface area contributed by atoms with Crippen molar-refractivity contribution in [3.8, 4) is 11.9 Å². The number of rotatable bonds is 1. The van der Waals surface area contributed by atoms with Crippen molar-refractivity contribution in [1.82, 2.24) is 4.90 Å². The van der Waals surface area contributed by atoms with Gasteiger partial charge in [-0.25, -0.2) is 4.39 Å². The summed E-state index contributed by atoms with van der Waals surface area (Å²) in [5.74, 6) is 0.671. The fraction of sp³-hybridized carbons (Fsp3) is 0.316. The predicted molar refractivity (Wildman–Crippen MR) is 84.3 cm³/mol. The molecule has 2 aromatic carbocycles. The van der Waals surface area contributed by atoms with E-state index in [4.69, 9.17) is 10.00 Å². The van der Waals surface area contributed by atoms with Gasteiger partial charge in [-0.1, -0.05) is 30.3 Å². The van der Waals surface area contributed by atoms with Gasteiger partial charge in [0.25, 0.3) is 0 Å². The van der Waals surface area contributed by atoms with Crippen molar-refractivity contribution < 1.29 is 9.13 Å². The summed E-state index contributed by atoms with van der Waals surface area (Å²) < 4.78 is 19.6. The van der Waals surface area contributed by atoms with Gasteiger partial charge in [0.05, 0.1) is 0 Å². The minimum absolute atomic E-state index is 0.124. The van der Waals surface area contributed by atoms with Crippen molar-refractivity contribution in [2.75, 3.05) is 13.1 Å². The Bertz CT molecular complexity index is 758. The fourth-order valence-electron chi connectivity index (χ4n) is 3.92. The predicted octanol–water partition coefficient (Wildman–Crippen LogP) is 3.77. The Morgan fingerprint density at radius 2 is 1.78 bits per heavy atom. The van der Waals surface area contributed by atoms with E-state index in [0.717, 1.165) is 37.2 Å². The van der Waals surface area contributed by atoms with Gasteiger partial charge < -0.3 is 9.64 Å². The normalized spacial score (nSPS) is 21.6. The summed E-state index contributed by atoms with van der Waals surface area (Å²) in [6, 6.07) is 14.7. The standard InChI is InChI=1S/C19H17FN2O/c20-15-7-5-14(6-8-15)18-19(9-11-22(13-21)12-10-19)16-3-1-2-4-17(16)23-18/h1-8,18H,9-12H2. The molecule has 1 unspecified atom stereocenters. The van der Waals surface area contributed by atoms with Gasteiger partial charge in [0.15, 0.2) is 6.19 Å². The molecule has 0 bridgehead atoms. The van der Waals surface area contributed by atoms with Gasteiger partial charge in [0, 0.05) is 24.1 Å². The number of para-hydroxylation sites is 1. The van der Waals surface area contributed by atoms with Gasteiger partial charge in [-0.2, -0.15) is 5.26 Å². The lowest BCUT2D eigenvalue weighted by atomic mass is 9.68. The molecule has 0 N–H and O–H groups in total. The van der Waals surface area contributed by atoms with E-state index < -0.39 is 0 Å². The number of fused-ring (bicyclic) bond motifs is 2. The van der Waals surface area contributed by atoms with E-state index >= 15 is 0 Å². The first kappa shape index (κ1) is 14.1. The third kappa shape index (κ3) is 2.16. The Hall–Kier alpha value is -2.54. The lowest BCUT2D eigenvalue weighted by Crippen LogP contribution is -2.43. The second-order valence-electron chi connectivity index (χ2n) is 6.29. The monoisotopic (exact) mass is 308 g/mol. The first-order chi connectivity index (χ1) is 11.2. The quantitative estimate of drug-likeness (QED) is 0.752. The fourth-order valence-corrected chi connectivity index (χ4v) is 3.92. The molecule has 1 atom stereocenters. The summed E-state index contributed by atoms with van der Waals surface area (Å²) in [6.45, 7) is 1.46. The number of ether oxygens (including phenoxy) is 1. The van der Waals surface area contributed by atoms with Crippen LogP contribution in [0.1, 0.15) is 30.1 Å². The highest BCUT2D eigenvalue weighted by Crippen LogP contribution is 2.55. The Kier molecular flexibility index (Phi) is 3.23. The lowest BCUT2D eigenvalue weighted by molar-refractivity contribution is 0.0946. The second-order valence-corrected chi connectivity index (χ2v) is 6.29. The molecule has 2 aliphatic rings. The number of hydrogen-bond donors (Lipinski definition) is 0. The minimum atomic E-state index is -0.238. The molecule has 0 radical (unpaired) electrons. The zero-order valence-electron chi connectivity index (χ0n) is 12.7. The van der Waals surface area contributed by atoms with Crippen molar-refractivity contribution in [2.24, 2.45) is 0 Å². The molecule has 0 aromatic heterocycles. The molecule has 0 saturated carbocycles. The van der Waals surface area contributed by atoms with Gasteiger partial charge in [-0.3, -0.25) is 0 Å². The molecule has 4 heteroatoms. The van der Waals surface area contributed by atoms with Crippen LogP contribution in [-0.4, -0.2) is 18.0 Å². The van der Waals surface area contributed by atoms with E-state index in [1.165, 1.54) is 17.7 Å². The number of piperidine rings is 1. The maximum Gasteiger partial charge on any atom is 0.179 e. The number of benzene rings is 2. The molecule has 2 aliphatic heterocycles. The van der Waals surface area contributed by atoms with Crippen LogP contribution in [0.3, 0.4) is 0 Å². The average Bonchev–Trinajstić information content (AvgIpc) is 2.91. The van der Waals surface area contributed by atoms with Gasteiger partial charge in [0.1, 0.15) is 17.7 Å². The Balaban J connectivity index is 1.77. The van der Waals surface area contributed by atoms with E-state index in [1.54, 1.807) is 4.90 Å². The highest BCUT2D eigenvalue weighted by molar-refractivity contribution is 5.48. The molecule has 1 spiro atoms. The van der Waals surface area contributed by atoms with Crippen molar-refractivity contribution in [1.29, 1.82) is 5.26 Å². The van der Waals surface area contributed by atoms with Crippen LogP contribution in [0.5, 0.6) is 5.75 Å². The largest absolute Gasteiger partial charge is 0.484 e. The highest BCUT2D eigenvalue weighted by Gasteiger charge is 2.50. The molecular weight excluding hydrogens is 291 g/mol.